The molecule has 6 heteroatoms. The van der Waals surface area contributed by atoms with Gasteiger partial charge in [-0.05, 0) is 73.9 Å². The van der Waals surface area contributed by atoms with Crippen molar-refractivity contribution in [3.63, 3.8) is 0 Å². The van der Waals surface area contributed by atoms with Crippen molar-refractivity contribution in [1.29, 1.82) is 0 Å². The minimum Gasteiger partial charge on any atom is -0.457 e. The van der Waals surface area contributed by atoms with Gasteiger partial charge in [-0.2, -0.15) is 0 Å². The maximum Gasteiger partial charge on any atom is 0.174 e. The number of ether oxygens (including phenoxy) is 1. The van der Waals surface area contributed by atoms with E-state index < -0.39 is 5.54 Å². The second kappa shape index (κ2) is 9.72. The Hall–Kier alpha value is -2.89. The fourth-order valence-corrected chi connectivity index (χ4v) is 4.81. The van der Waals surface area contributed by atoms with Crippen LogP contribution in [-0.4, -0.2) is 22.8 Å². The molecule has 0 aliphatic heterocycles. The number of hydrogen-bond donors (Lipinski definition) is 1. The number of carbonyl (C=O) groups is 1. The van der Waals surface area contributed by atoms with Gasteiger partial charge in [-0.25, -0.2) is 0 Å². The lowest BCUT2D eigenvalue weighted by atomic mass is 9.74. The molecule has 1 aliphatic carbocycles. The number of hydrogen-bond acceptors (Lipinski definition) is 3. The number of carbonyl (C=O) groups excluding carboxylic acids is 1. The van der Waals surface area contributed by atoms with Crippen LogP contribution in [0, 0.1) is 0 Å². The second-order valence-corrected chi connectivity index (χ2v) is 8.69. The molecule has 32 heavy (non-hydrogen) atoms. The van der Waals surface area contributed by atoms with Crippen LogP contribution in [0.25, 0.3) is 0 Å². The highest BCUT2D eigenvalue weighted by Gasteiger charge is 2.47. The molecule has 0 radical (unpaired) electrons. The van der Waals surface area contributed by atoms with Crippen molar-refractivity contribution in [3.05, 3.63) is 89.4 Å². The first-order chi connectivity index (χ1) is 15.5. The summed E-state index contributed by atoms with van der Waals surface area (Å²) in [6.45, 7) is 0. The number of halogens is 1. The molecule has 4 nitrogen and oxygen atoms in total. The van der Waals surface area contributed by atoms with Crippen molar-refractivity contribution >= 4 is 40.4 Å². The molecule has 0 aromatic heterocycles. The van der Waals surface area contributed by atoms with Crippen molar-refractivity contribution in [1.82, 2.24) is 4.90 Å². The summed E-state index contributed by atoms with van der Waals surface area (Å²) in [5, 5.41) is 4.32. The molecule has 0 bridgehead atoms. The monoisotopic (exact) mass is 464 g/mol. The van der Waals surface area contributed by atoms with Crippen LogP contribution in [0.3, 0.4) is 0 Å². The molecule has 164 valence electrons. The first-order valence-corrected chi connectivity index (χ1v) is 11.5. The Morgan fingerprint density at radius 2 is 1.62 bits per heavy atom. The number of para-hydroxylation sites is 1. The number of benzene rings is 3. The first kappa shape index (κ1) is 22.3. The van der Waals surface area contributed by atoms with Crippen LogP contribution in [0.2, 0.25) is 5.02 Å². The molecule has 0 amide bonds. The molecule has 1 saturated carbocycles. The average Bonchev–Trinajstić information content (AvgIpc) is 2.81. The highest BCUT2D eigenvalue weighted by Crippen LogP contribution is 2.42. The topological polar surface area (TPSA) is 41.6 Å². The van der Waals surface area contributed by atoms with E-state index >= 15 is 0 Å². The molecule has 1 fully saturated rings. The van der Waals surface area contributed by atoms with E-state index in [1.165, 1.54) is 0 Å². The lowest BCUT2D eigenvalue weighted by Crippen LogP contribution is -2.55. The van der Waals surface area contributed by atoms with Gasteiger partial charge < -0.3 is 15.0 Å². The van der Waals surface area contributed by atoms with Gasteiger partial charge in [0, 0.05) is 29.7 Å². The summed E-state index contributed by atoms with van der Waals surface area (Å²) in [5.41, 5.74) is 0.765. The fraction of sp³-hybridized carbons (Fsp3) is 0.231. The molecule has 3 aromatic carbocycles. The number of nitrogens with one attached hydrogen (secondary N) is 1. The molecule has 1 N–H and O–H groups in total. The van der Waals surface area contributed by atoms with E-state index in [2.05, 4.69) is 5.32 Å². The summed E-state index contributed by atoms with van der Waals surface area (Å²) in [6, 6.07) is 24.8. The van der Waals surface area contributed by atoms with Gasteiger partial charge >= 0.3 is 0 Å². The van der Waals surface area contributed by atoms with Gasteiger partial charge in [-0.3, -0.25) is 4.79 Å². The Balaban J connectivity index is 1.54. The third-order valence-corrected chi connectivity index (χ3v) is 6.64. The van der Waals surface area contributed by atoms with Gasteiger partial charge in [0.2, 0.25) is 0 Å². The van der Waals surface area contributed by atoms with Gasteiger partial charge in [-0.1, -0.05) is 48.0 Å². The van der Waals surface area contributed by atoms with E-state index in [1.54, 1.807) is 0 Å². The van der Waals surface area contributed by atoms with Gasteiger partial charge in [0.05, 0.1) is 0 Å². The molecule has 4 rings (SSSR count). The van der Waals surface area contributed by atoms with Crippen molar-refractivity contribution < 1.29 is 9.53 Å². The lowest BCUT2D eigenvalue weighted by molar-refractivity contribution is -0.131. The van der Waals surface area contributed by atoms with Crippen LogP contribution in [0.15, 0.2) is 78.9 Å². The highest BCUT2D eigenvalue weighted by atomic mass is 35.5. The van der Waals surface area contributed by atoms with Gasteiger partial charge in [0.25, 0.3) is 0 Å². The summed E-state index contributed by atoms with van der Waals surface area (Å²) in [7, 11) is 1.87. The molecule has 0 heterocycles. The van der Waals surface area contributed by atoms with E-state index in [1.807, 2.05) is 90.8 Å². The van der Waals surface area contributed by atoms with Gasteiger partial charge in [-0.15, -0.1) is 0 Å². The summed E-state index contributed by atoms with van der Waals surface area (Å²) >= 11 is 12.3. The third kappa shape index (κ3) is 4.50. The van der Waals surface area contributed by atoms with Crippen LogP contribution in [0.1, 0.15) is 31.2 Å². The Bertz CT molecular complexity index is 1100. The number of nitrogens with zero attached hydrogens (tertiary/aromatic N) is 1. The van der Waals surface area contributed by atoms with Crippen molar-refractivity contribution in [2.24, 2.45) is 0 Å². The smallest absolute Gasteiger partial charge is 0.174 e. The Morgan fingerprint density at radius 3 is 2.31 bits per heavy atom. The van der Waals surface area contributed by atoms with E-state index in [0.717, 1.165) is 35.6 Å². The standard InChI is InChI=1S/C26H25ClN2O2S/c1-29(26(18-8-7-13-24(26)30)22-11-5-6-12-23(22)27)25(32)28-19-14-16-21(17-15-19)31-20-9-3-2-4-10-20/h2-6,9-12,14-17H,7-8,13,18H2,1H3,(H,28,32)/t26-/m1/s1. The number of rotatable bonds is 5. The lowest BCUT2D eigenvalue weighted by Gasteiger charge is -2.45. The Morgan fingerprint density at radius 1 is 0.969 bits per heavy atom. The summed E-state index contributed by atoms with van der Waals surface area (Å²) < 4.78 is 5.85. The van der Waals surface area contributed by atoms with Crippen LogP contribution >= 0.6 is 23.8 Å². The number of ketones is 1. The zero-order chi connectivity index (χ0) is 22.6. The van der Waals surface area contributed by atoms with E-state index in [4.69, 9.17) is 28.6 Å². The minimum atomic E-state index is -0.864. The van der Waals surface area contributed by atoms with E-state index in [-0.39, 0.29) is 5.78 Å². The summed E-state index contributed by atoms with van der Waals surface area (Å²) in [4.78, 5) is 15.2. The highest BCUT2D eigenvalue weighted by molar-refractivity contribution is 7.80. The zero-order valence-electron chi connectivity index (χ0n) is 17.9. The predicted octanol–water partition coefficient (Wildman–Crippen LogP) is 6.80. The van der Waals surface area contributed by atoms with Crippen molar-refractivity contribution in [2.45, 2.75) is 31.2 Å². The van der Waals surface area contributed by atoms with Gasteiger partial charge in [0.15, 0.2) is 10.9 Å². The Labute approximate surface area is 199 Å². The second-order valence-electron chi connectivity index (χ2n) is 7.90. The number of Topliss-reactive ketones (excluding diaryl/α,β-unsaturated/α-hetero) is 1. The maximum absolute atomic E-state index is 13.3. The van der Waals surface area contributed by atoms with Crippen LogP contribution in [0.5, 0.6) is 11.5 Å². The molecular formula is C26H25ClN2O2S. The average molecular weight is 465 g/mol. The van der Waals surface area contributed by atoms with Gasteiger partial charge in [0.1, 0.15) is 17.0 Å². The number of anilines is 1. The zero-order valence-corrected chi connectivity index (χ0v) is 19.5. The molecular weight excluding hydrogens is 440 g/mol. The van der Waals surface area contributed by atoms with Crippen LogP contribution in [-0.2, 0) is 10.3 Å². The molecule has 1 aliphatic rings. The van der Waals surface area contributed by atoms with Crippen molar-refractivity contribution in [3.8, 4) is 11.5 Å². The predicted molar refractivity (Wildman–Crippen MR) is 134 cm³/mol. The van der Waals surface area contributed by atoms with E-state index in [9.17, 15) is 4.79 Å². The summed E-state index contributed by atoms with van der Waals surface area (Å²) in [6.07, 6.45) is 3.03. The molecule has 3 aromatic rings. The van der Waals surface area contributed by atoms with Crippen molar-refractivity contribution in [2.75, 3.05) is 12.4 Å². The summed E-state index contributed by atoms with van der Waals surface area (Å²) in [5.74, 6) is 1.66. The van der Waals surface area contributed by atoms with E-state index in [0.29, 0.717) is 23.0 Å². The first-order valence-electron chi connectivity index (χ1n) is 10.7. The number of thiocarbonyl (C=S) groups is 1. The minimum absolute atomic E-state index is 0.148. The molecule has 0 unspecified atom stereocenters. The largest absolute Gasteiger partial charge is 0.457 e. The normalized spacial score (nSPS) is 18.1. The molecule has 0 spiro atoms. The fourth-order valence-electron chi connectivity index (χ4n) is 4.24. The Kier molecular flexibility index (Phi) is 6.77. The molecule has 1 atom stereocenters. The quantitative estimate of drug-likeness (QED) is 0.420. The molecule has 0 saturated heterocycles. The van der Waals surface area contributed by atoms with Crippen LogP contribution < -0.4 is 10.1 Å². The maximum atomic E-state index is 13.3. The SMILES string of the molecule is CN(C(=S)Nc1ccc(Oc2ccccc2)cc1)[C@@]1(c2ccccc2Cl)CCCCC1=O. The third-order valence-electron chi connectivity index (χ3n) is 5.93. The van der Waals surface area contributed by atoms with Crippen LogP contribution in [0.4, 0.5) is 5.69 Å². The number of likely N-dealkylation sites (N-methyl/N-ethyl adjacent to an activating group) is 1.